The van der Waals surface area contributed by atoms with Gasteiger partial charge in [0.25, 0.3) is 17.7 Å². The average molecular weight is 2140 g/mol. The van der Waals surface area contributed by atoms with Crippen LogP contribution in [-0.2, 0) is 81.6 Å². The van der Waals surface area contributed by atoms with Crippen LogP contribution in [0.3, 0.4) is 0 Å². The number of carboxylic acid groups (broad SMARTS) is 3. The molecular formula is C102H79Cl3F24N6O12. The van der Waals surface area contributed by atoms with Gasteiger partial charge in [-0.05, 0) is 228 Å². The minimum atomic E-state index is -5.05. The number of ether oxygens (including phenoxy) is 3. The normalized spacial score (nSPS) is 13.3. The lowest BCUT2D eigenvalue weighted by Gasteiger charge is -2.36. The first kappa shape index (κ1) is 115. The summed E-state index contributed by atoms with van der Waals surface area (Å²) in [5, 5.41) is 34.9. The molecule has 147 heavy (non-hydrogen) atoms. The summed E-state index contributed by atoms with van der Waals surface area (Å²) in [4.78, 5) is 87.0. The highest BCUT2D eigenvalue weighted by atomic mass is 35.5. The van der Waals surface area contributed by atoms with E-state index in [1.54, 1.807) is 36.4 Å². The number of aliphatic carboxylic acids is 3. The molecule has 6 N–H and O–H groups in total. The van der Waals surface area contributed by atoms with Crippen LogP contribution in [0, 0.1) is 38.2 Å². The molecule has 3 heterocycles. The SMILES string of the molecule is Cc1ccc(C(=O)N[C@@](Cc2ccc(/C=C/C(=O)O)cc2)(c2cc(F)cc(OC(F)(F)C(F)F)c2)c2ccc(Cl)cn2)cc1C(F)(F)F.Cc1ccc(C(=O)N[C@@](Cc2ccc(CCC(=O)O)cc2)(c2cc(F)cc(OC(F)(F)C(F)F)c2)c2ccc(Cl)cn2)cc1C(F)(F)F.Cc1ccc(C(=O)N[C@@](Cc2ccc(CCCCCC(=O)O)cc2)(c2cc(F)cc(OC(F)(F)C(F)F)c2)c2ccc(Cl)cn2)cc1C(F)(F)F. The van der Waals surface area contributed by atoms with Crippen LogP contribution in [0.25, 0.3) is 6.08 Å². The number of halogens is 27. The maximum absolute atomic E-state index is 15.2. The average Bonchev–Trinajstić information content (AvgIpc) is 0.759. The van der Waals surface area contributed by atoms with Gasteiger partial charge in [0, 0.05) is 91.7 Å². The number of carbonyl (C=O) groups excluding carboxylic acids is 3. The second-order valence-corrected chi connectivity index (χ2v) is 34.4. The molecule has 0 aliphatic rings. The van der Waals surface area contributed by atoms with Crippen LogP contribution in [0.5, 0.6) is 17.2 Å². The Kier molecular flexibility index (Phi) is 37.3. The van der Waals surface area contributed by atoms with Gasteiger partial charge in [-0.1, -0.05) is 132 Å². The van der Waals surface area contributed by atoms with Crippen molar-refractivity contribution in [1.82, 2.24) is 30.9 Å². The Morgan fingerprint density at radius 2 is 0.633 bits per heavy atom. The number of pyridine rings is 3. The molecule has 3 aromatic heterocycles. The second kappa shape index (κ2) is 47.8. The van der Waals surface area contributed by atoms with Gasteiger partial charge in [-0.25, -0.2) is 18.0 Å². The van der Waals surface area contributed by atoms with Crippen LogP contribution in [0.4, 0.5) is 105 Å². The van der Waals surface area contributed by atoms with Crippen LogP contribution in [-0.4, -0.2) is 104 Å². The van der Waals surface area contributed by atoms with Crippen molar-refractivity contribution in [2.24, 2.45) is 0 Å². The van der Waals surface area contributed by atoms with Crippen molar-refractivity contribution in [3.05, 3.63) is 393 Å². The molecule has 12 rings (SSSR count). The zero-order valence-corrected chi connectivity index (χ0v) is 78.3. The molecule has 0 saturated carbocycles. The fourth-order valence-corrected chi connectivity index (χ4v) is 15.5. The molecular weight excluding hydrogens is 2060 g/mol. The summed E-state index contributed by atoms with van der Waals surface area (Å²) in [5.41, 5.74) is -9.82. The Labute approximate surface area is 834 Å². The van der Waals surface area contributed by atoms with E-state index in [4.69, 9.17) is 50.1 Å². The topological polar surface area (TPSA) is 266 Å². The molecule has 0 aliphatic heterocycles. The van der Waals surface area contributed by atoms with Crippen LogP contribution in [0.2, 0.25) is 15.1 Å². The number of alkyl halides is 21. The number of hydrogen-bond acceptors (Lipinski definition) is 12. The number of carbonyl (C=O) groups is 6. The highest BCUT2D eigenvalue weighted by Gasteiger charge is 2.50. The molecule has 18 nitrogen and oxygen atoms in total. The minimum Gasteiger partial charge on any atom is -0.481 e. The largest absolute Gasteiger partial charge is 0.481 e. The van der Waals surface area contributed by atoms with Crippen molar-refractivity contribution in [1.29, 1.82) is 0 Å². The summed E-state index contributed by atoms with van der Waals surface area (Å²) in [7, 11) is 0. The number of rotatable bonds is 38. The zero-order valence-electron chi connectivity index (χ0n) is 76.0. The number of amides is 3. The third-order valence-corrected chi connectivity index (χ3v) is 23.0. The van der Waals surface area contributed by atoms with Gasteiger partial charge in [0.1, 0.15) is 51.3 Å². The molecule has 0 saturated heterocycles. The Morgan fingerprint density at radius 1 is 0.347 bits per heavy atom. The van der Waals surface area contributed by atoms with E-state index in [1.807, 2.05) is 0 Å². The maximum atomic E-state index is 15.2. The molecule has 0 aliphatic carbocycles. The molecule has 9 aromatic carbocycles. The third-order valence-electron chi connectivity index (χ3n) is 22.3. The minimum absolute atomic E-state index is 0.0399. The van der Waals surface area contributed by atoms with Crippen LogP contribution < -0.4 is 30.2 Å². The molecule has 0 unspecified atom stereocenters. The number of carboxylic acids is 3. The van der Waals surface area contributed by atoms with Gasteiger partial charge in [0.15, 0.2) is 0 Å². The van der Waals surface area contributed by atoms with Gasteiger partial charge in [-0.15, -0.1) is 0 Å². The van der Waals surface area contributed by atoms with E-state index in [9.17, 15) is 121 Å². The number of benzene rings is 9. The predicted octanol–water partition coefficient (Wildman–Crippen LogP) is 26.4. The molecule has 0 radical (unpaired) electrons. The highest BCUT2D eigenvalue weighted by molar-refractivity contribution is 6.31. The van der Waals surface area contributed by atoms with Gasteiger partial charge in [0.05, 0.1) is 48.8 Å². The Morgan fingerprint density at radius 3 is 0.898 bits per heavy atom. The molecule has 0 spiro atoms. The van der Waals surface area contributed by atoms with E-state index < -0.39 is 176 Å². The van der Waals surface area contributed by atoms with E-state index >= 15 is 13.2 Å². The fourth-order valence-electron chi connectivity index (χ4n) is 15.2. The molecule has 0 bridgehead atoms. The van der Waals surface area contributed by atoms with Gasteiger partial charge in [0.2, 0.25) is 0 Å². The van der Waals surface area contributed by atoms with Gasteiger partial charge < -0.3 is 45.5 Å². The van der Waals surface area contributed by atoms with Gasteiger partial charge >= 0.3 is 74.0 Å². The summed E-state index contributed by atoms with van der Waals surface area (Å²) in [5.74, 6) is -13.4. The summed E-state index contributed by atoms with van der Waals surface area (Å²) in [6, 6.07) is 41.2. The maximum Gasteiger partial charge on any atom is 0.461 e. The lowest BCUT2D eigenvalue weighted by Crippen LogP contribution is -2.49. The van der Waals surface area contributed by atoms with E-state index in [2.05, 4.69) is 45.1 Å². The summed E-state index contributed by atoms with van der Waals surface area (Å²) in [6.45, 7) is 3.58. The Balaban J connectivity index is 0.000000226. The summed E-state index contributed by atoms with van der Waals surface area (Å²) >= 11 is 18.1. The predicted molar refractivity (Wildman–Crippen MR) is 488 cm³/mol. The number of nitrogens with one attached hydrogen (secondary N) is 3. The number of aryl methyl sites for hydroxylation is 5. The molecule has 778 valence electrons. The molecule has 3 atom stereocenters. The van der Waals surface area contributed by atoms with Crippen LogP contribution in [0.1, 0.15) is 164 Å². The number of hydrogen-bond donors (Lipinski definition) is 6. The number of unbranched alkanes of at least 4 members (excludes halogenated alkanes) is 2. The third kappa shape index (κ3) is 30.9. The molecule has 12 aromatic rings. The first-order valence-corrected chi connectivity index (χ1v) is 44.3. The van der Waals surface area contributed by atoms with Crippen molar-refractivity contribution in [2.45, 2.75) is 158 Å². The van der Waals surface area contributed by atoms with Crippen molar-refractivity contribution >= 4 is 76.5 Å². The molecule has 3 amide bonds. The van der Waals surface area contributed by atoms with Gasteiger partial charge in [-0.2, -0.15) is 92.2 Å². The lowest BCUT2D eigenvalue weighted by molar-refractivity contribution is -0.253. The first-order chi connectivity index (χ1) is 68.7. The quantitative estimate of drug-likeness (QED) is 0.0119. The number of nitrogens with zero attached hydrogens (tertiary/aromatic N) is 3. The van der Waals surface area contributed by atoms with E-state index in [-0.39, 0.29) is 104 Å². The van der Waals surface area contributed by atoms with Crippen LogP contribution >= 0.6 is 34.8 Å². The number of aromatic nitrogens is 3. The van der Waals surface area contributed by atoms with Crippen molar-refractivity contribution in [3.8, 4) is 17.2 Å². The van der Waals surface area contributed by atoms with E-state index in [0.717, 1.165) is 96.8 Å². The lowest BCUT2D eigenvalue weighted by atomic mass is 9.79. The first-order valence-electron chi connectivity index (χ1n) is 43.1. The Bertz CT molecular complexity index is 6720. The monoisotopic (exact) mass is 2140 g/mol. The zero-order chi connectivity index (χ0) is 108. The van der Waals surface area contributed by atoms with Crippen LogP contribution in [0.15, 0.2) is 243 Å². The molecule has 0 fully saturated rings. The second-order valence-electron chi connectivity index (χ2n) is 33.1. The fraction of sp³-hybridized carbons (Fsp3) is 0.245. The molecule has 45 heteroatoms. The summed E-state index contributed by atoms with van der Waals surface area (Å²) in [6.07, 6.45) is -35.5. The van der Waals surface area contributed by atoms with Crippen molar-refractivity contribution in [2.75, 3.05) is 0 Å². The Hall–Kier alpha value is -14.4. The van der Waals surface area contributed by atoms with Gasteiger partial charge in [-0.3, -0.25) is 38.9 Å². The summed E-state index contributed by atoms with van der Waals surface area (Å²) < 4.78 is 344. The van der Waals surface area contributed by atoms with Crippen molar-refractivity contribution in [3.63, 3.8) is 0 Å². The van der Waals surface area contributed by atoms with E-state index in [1.165, 1.54) is 106 Å². The van der Waals surface area contributed by atoms with E-state index in [0.29, 0.717) is 89.9 Å². The highest BCUT2D eigenvalue weighted by Crippen LogP contribution is 2.45. The smallest absolute Gasteiger partial charge is 0.461 e. The van der Waals surface area contributed by atoms with Crippen molar-refractivity contribution < 1.29 is 164 Å². The standard InChI is InChI=1S/C36H31ClF8N2O4.C33H25ClF8N2O4.C33H23ClF8N2O4/c1-21-7-12-24(15-29(21)35(41,42)43)32(50)47-34(30-14-13-26(37)20-46-30,25-16-27(38)18-28(17-25)51-36(44,45)33(39)40)19-23-10-8-22(9-11-23)5-3-2-4-6-31(48)49;2*1-18-2-8-21(12-26(18)32(38,39)40)29(47)44-31(27-10-9-23(34)17-43-27,16-20-5-3-19(4-6-20)7-11-28(45)46)22-13-24(35)15-25(14-22)48-33(41,42)30(36)37/h7-18,20,33H,2-6,19H2,1H3,(H,47,50)(H,48,49);2-6,8-10,12-15,17,30H,7,11,16H2,1H3,(H,44,47)(H,45,46);2-15,17,30H,16H2,1H3,(H,44,47)(H,45,46)/b;;11-7+/t34-;2*31-/m000/s1.